The third-order valence-electron chi connectivity index (χ3n) is 3.69. The lowest BCUT2D eigenvalue weighted by molar-refractivity contribution is 0.297. The van der Waals surface area contributed by atoms with Crippen molar-refractivity contribution in [2.45, 2.75) is 19.4 Å². The molecule has 1 aromatic heterocycles. The van der Waals surface area contributed by atoms with E-state index in [0.29, 0.717) is 12.0 Å². The molecule has 2 atom stereocenters. The Morgan fingerprint density at radius 1 is 1.50 bits per heavy atom. The van der Waals surface area contributed by atoms with Gasteiger partial charge in [0.2, 0.25) is 0 Å². The number of rotatable bonds is 2. The fourth-order valence-corrected chi connectivity index (χ4v) is 2.88. The molecule has 0 spiro atoms. The smallest absolute Gasteiger partial charge is 0.141 e. The number of pyridine rings is 1. The Morgan fingerprint density at radius 2 is 2.38 bits per heavy atom. The molecule has 0 aromatic carbocycles. The van der Waals surface area contributed by atoms with Gasteiger partial charge in [-0.25, -0.2) is 4.39 Å². The minimum Gasteiger partial charge on any atom is -0.297 e. The minimum atomic E-state index is -0.261. The van der Waals surface area contributed by atoms with Gasteiger partial charge >= 0.3 is 0 Å². The van der Waals surface area contributed by atoms with Crippen molar-refractivity contribution in [3.63, 3.8) is 0 Å². The zero-order valence-corrected chi connectivity index (χ0v) is 9.36. The Labute approximate surface area is 94.8 Å². The molecule has 0 radical (unpaired) electrons. The van der Waals surface area contributed by atoms with Gasteiger partial charge in [-0.3, -0.25) is 9.88 Å². The van der Waals surface area contributed by atoms with Gasteiger partial charge in [-0.2, -0.15) is 0 Å². The number of fused-ring (bicyclic) bond motifs is 2. The molecule has 1 saturated heterocycles. The first-order valence-electron chi connectivity index (χ1n) is 5.85. The monoisotopic (exact) mass is 218 g/mol. The van der Waals surface area contributed by atoms with Crippen LogP contribution in [0.4, 0.5) is 4.39 Å². The number of likely N-dealkylation sites (tertiary alicyclic amines) is 1. The standard InChI is InChI=1S/C13H15FN2/c1-2-16-8-9-5-11(16)6-12(9)13-4-3-10(14)7-15-13/h3-4,6-7,9,11H,2,5,8H2,1H3. The maximum absolute atomic E-state index is 12.8. The largest absolute Gasteiger partial charge is 0.297 e. The SMILES string of the molecule is CCN1CC2CC1C=C2c1ccc(F)cn1. The van der Waals surface area contributed by atoms with Crippen LogP contribution in [0.3, 0.4) is 0 Å². The van der Waals surface area contributed by atoms with Gasteiger partial charge < -0.3 is 0 Å². The van der Waals surface area contributed by atoms with Gasteiger partial charge in [0.15, 0.2) is 0 Å². The van der Waals surface area contributed by atoms with Crippen LogP contribution in [0.1, 0.15) is 19.0 Å². The van der Waals surface area contributed by atoms with Crippen LogP contribution < -0.4 is 0 Å². The third-order valence-corrected chi connectivity index (χ3v) is 3.69. The van der Waals surface area contributed by atoms with E-state index >= 15 is 0 Å². The van der Waals surface area contributed by atoms with Crippen molar-refractivity contribution in [3.05, 3.63) is 35.9 Å². The van der Waals surface area contributed by atoms with E-state index in [-0.39, 0.29) is 5.82 Å². The van der Waals surface area contributed by atoms with Gasteiger partial charge in [-0.1, -0.05) is 13.0 Å². The molecule has 1 aromatic rings. The number of hydrogen-bond acceptors (Lipinski definition) is 2. The van der Waals surface area contributed by atoms with Crippen molar-refractivity contribution in [3.8, 4) is 0 Å². The Morgan fingerprint density at radius 3 is 2.94 bits per heavy atom. The molecule has 2 bridgehead atoms. The van der Waals surface area contributed by atoms with Gasteiger partial charge in [-0.15, -0.1) is 0 Å². The van der Waals surface area contributed by atoms with E-state index in [2.05, 4.69) is 22.9 Å². The topological polar surface area (TPSA) is 16.1 Å². The second kappa shape index (κ2) is 3.67. The van der Waals surface area contributed by atoms with Crippen LogP contribution in [-0.2, 0) is 0 Å². The Kier molecular flexibility index (Phi) is 2.28. The van der Waals surface area contributed by atoms with E-state index in [1.807, 2.05) is 0 Å². The van der Waals surface area contributed by atoms with Crippen LogP contribution in [0.25, 0.3) is 5.57 Å². The van der Waals surface area contributed by atoms with E-state index in [1.54, 1.807) is 6.07 Å². The van der Waals surface area contributed by atoms with E-state index < -0.39 is 0 Å². The molecule has 84 valence electrons. The average molecular weight is 218 g/mol. The van der Waals surface area contributed by atoms with Crippen LogP contribution >= 0.6 is 0 Å². The Bertz CT molecular complexity index is 424. The van der Waals surface area contributed by atoms with E-state index in [0.717, 1.165) is 18.8 Å². The lowest BCUT2D eigenvalue weighted by Crippen LogP contribution is -2.30. The van der Waals surface area contributed by atoms with Gasteiger partial charge in [0, 0.05) is 18.5 Å². The number of halogens is 1. The van der Waals surface area contributed by atoms with Crippen LogP contribution in [-0.4, -0.2) is 29.0 Å². The molecular formula is C13H15FN2. The second-order valence-corrected chi connectivity index (χ2v) is 4.57. The zero-order valence-electron chi connectivity index (χ0n) is 9.36. The summed E-state index contributed by atoms with van der Waals surface area (Å²) in [6.45, 7) is 4.44. The lowest BCUT2D eigenvalue weighted by atomic mass is 9.99. The number of aromatic nitrogens is 1. The summed E-state index contributed by atoms with van der Waals surface area (Å²) >= 11 is 0. The average Bonchev–Trinajstić information content (AvgIpc) is 2.88. The zero-order chi connectivity index (χ0) is 11.1. The summed E-state index contributed by atoms with van der Waals surface area (Å²) in [6.07, 6.45) is 4.82. The second-order valence-electron chi connectivity index (χ2n) is 4.57. The molecule has 2 heterocycles. The summed E-state index contributed by atoms with van der Waals surface area (Å²) in [5.74, 6) is 0.339. The molecule has 1 aliphatic heterocycles. The molecule has 16 heavy (non-hydrogen) atoms. The molecule has 1 fully saturated rings. The third kappa shape index (κ3) is 1.47. The van der Waals surface area contributed by atoms with E-state index in [9.17, 15) is 4.39 Å². The van der Waals surface area contributed by atoms with Crippen LogP contribution in [0.5, 0.6) is 0 Å². The van der Waals surface area contributed by atoms with Crippen LogP contribution in [0, 0.1) is 11.7 Å². The molecule has 2 aliphatic rings. The van der Waals surface area contributed by atoms with Gasteiger partial charge in [0.1, 0.15) is 5.82 Å². The predicted molar refractivity (Wildman–Crippen MR) is 61.3 cm³/mol. The normalized spacial score (nSPS) is 28.5. The van der Waals surface area contributed by atoms with E-state index in [1.165, 1.54) is 24.3 Å². The molecule has 2 nitrogen and oxygen atoms in total. The van der Waals surface area contributed by atoms with Gasteiger partial charge in [-0.05, 0) is 30.7 Å². The highest BCUT2D eigenvalue weighted by atomic mass is 19.1. The van der Waals surface area contributed by atoms with Crippen LogP contribution in [0.2, 0.25) is 0 Å². The highest BCUT2D eigenvalue weighted by molar-refractivity contribution is 5.69. The molecule has 2 unspecified atom stereocenters. The fourth-order valence-electron chi connectivity index (χ4n) is 2.88. The summed E-state index contributed by atoms with van der Waals surface area (Å²) < 4.78 is 12.8. The summed E-state index contributed by atoms with van der Waals surface area (Å²) in [6, 6.07) is 3.86. The first kappa shape index (κ1) is 9.97. The number of nitrogens with zero attached hydrogens (tertiary/aromatic N) is 2. The summed E-state index contributed by atoms with van der Waals surface area (Å²) in [5.41, 5.74) is 2.26. The first-order chi connectivity index (χ1) is 7.78. The Hall–Kier alpha value is -1.22. The molecular weight excluding hydrogens is 203 g/mol. The maximum Gasteiger partial charge on any atom is 0.141 e. The summed E-state index contributed by atoms with van der Waals surface area (Å²) in [5, 5.41) is 0. The van der Waals surface area contributed by atoms with Gasteiger partial charge in [0.25, 0.3) is 0 Å². The molecule has 0 saturated carbocycles. The number of hydrogen-bond donors (Lipinski definition) is 0. The predicted octanol–water partition coefficient (Wildman–Crippen LogP) is 2.33. The fraction of sp³-hybridized carbons (Fsp3) is 0.462. The summed E-state index contributed by atoms with van der Waals surface area (Å²) in [7, 11) is 0. The van der Waals surface area contributed by atoms with E-state index in [4.69, 9.17) is 0 Å². The maximum atomic E-state index is 12.8. The molecule has 1 aliphatic carbocycles. The minimum absolute atomic E-state index is 0.261. The van der Waals surface area contributed by atoms with Crippen molar-refractivity contribution in [2.75, 3.05) is 13.1 Å². The van der Waals surface area contributed by atoms with Crippen molar-refractivity contribution < 1.29 is 4.39 Å². The molecule has 0 N–H and O–H groups in total. The number of likely N-dealkylation sites (N-methyl/N-ethyl adjacent to an activating group) is 1. The van der Waals surface area contributed by atoms with Crippen molar-refractivity contribution in [1.29, 1.82) is 0 Å². The van der Waals surface area contributed by atoms with Crippen molar-refractivity contribution in [1.82, 2.24) is 9.88 Å². The quantitative estimate of drug-likeness (QED) is 0.757. The highest BCUT2D eigenvalue weighted by Gasteiger charge is 2.38. The lowest BCUT2D eigenvalue weighted by Gasteiger charge is -2.24. The first-order valence-corrected chi connectivity index (χ1v) is 5.85. The van der Waals surface area contributed by atoms with Crippen molar-refractivity contribution in [2.24, 2.45) is 5.92 Å². The summed E-state index contributed by atoms with van der Waals surface area (Å²) in [4.78, 5) is 6.65. The molecule has 0 amide bonds. The van der Waals surface area contributed by atoms with Gasteiger partial charge in [0.05, 0.1) is 11.9 Å². The molecule has 3 rings (SSSR count). The highest BCUT2D eigenvalue weighted by Crippen LogP contribution is 2.41. The molecule has 3 heteroatoms. The van der Waals surface area contributed by atoms with Crippen LogP contribution in [0.15, 0.2) is 24.4 Å². The Balaban J connectivity index is 1.88. The van der Waals surface area contributed by atoms with Crippen molar-refractivity contribution >= 4 is 5.57 Å².